The van der Waals surface area contributed by atoms with Gasteiger partial charge in [-0.05, 0) is 44.1 Å². The van der Waals surface area contributed by atoms with Crippen molar-refractivity contribution >= 4 is 5.91 Å². The molecule has 1 saturated heterocycles. The highest BCUT2D eigenvalue weighted by Gasteiger charge is 2.23. The summed E-state index contributed by atoms with van der Waals surface area (Å²) in [4.78, 5) is 14.2. The fourth-order valence-electron chi connectivity index (χ4n) is 2.34. The number of rotatable bonds is 4. The van der Waals surface area contributed by atoms with Gasteiger partial charge >= 0.3 is 0 Å². The van der Waals surface area contributed by atoms with Crippen LogP contribution in [0.5, 0.6) is 5.75 Å². The van der Waals surface area contributed by atoms with Crippen LogP contribution >= 0.6 is 0 Å². The lowest BCUT2D eigenvalue weighted by Gasteiger charge is -2.17. The number of carbonyl (C=O) groups excluding carboxylic acids is 1. The summed E-state index contributed by atoms with van der Waals surface area (Å²) in [5, 5.41) is 12.2. The molecule has 1 aliphatic heterocycles. The zero-order valence-corrected chi connectivity index (χ0v) is 11.2. The first-order valence-corrected chi connectivity index (χ1v) is 6.57. The number of likely N-dealkylation sites (N-methyl/N-ethyl adjacent to an activating group) is 1. The van der Waals surface area contributed by atoms with Gasteiger partial charge < -0.3 is 21.1 Å². The Bertz CT molecular complexity index is 433. The number of benzene rings is 1. The lowest BCUT2D eigenvalue weighted by Crippen LogP contribution is -2.47. The van der Waals surface area contributed by atoms with Crippen molar-refractivity contribution in [3.8, 4) is 5.75 Å². The molecular weight excluding hydrogens is 242 g/mol. The highest BCUT2D eigenvalue weighted by molar-refractivity contribution is 5.82. The normalized spacial score (nSPS) is 21.3. The van der Waals surface area contributed by atoms with Crippen LogP contribution in [-0.4, -0.2) is 48.1 Å². The molecule has 0 saturated carbocycles. The van der Waals surface area contributed by atoms with E-state index in [4.69, 9.17) is 5.73 Å². The van der Waals surface area contributed by atoms with Crippen LogP contribution in [-0.2, 0) is 11.2 Å². The van der Waals surface area contributed by atoms with E-state index in [9.17, 15) is 9.90 Å². The minimum absolute atomic E-state index is 0.103. The molecule has 104 valence electrons. The van der Waals surface area contributed by atoms with Crippen molar-refractivity contribution in [2.75, 3.05) is 20.1 Å². The van der Waals surface area contributed by atoms with E-state index in [0.29, 0.717) is 6.42 Å². The van der Waals surface area contributed by atoms with E-state index in [1.54, 1.807) is 24.3 Å². The highest BCUT2D eigenvalue weighted by atomic mass is 16.3. The molecule has 0 bridgehead atoms. The third kappa shape index (κ3) is 3.94. The number of nitrogens with zero attached hydrogens (tertiary/aromatic N) is 1. The average molecular weight is 263 g/mol. The Morgan fingerprint density at radius 3 is 2.79 bits per heavy atom. The molecule has 2 atom stereocenters. The quantitative estimate of drug-likeness (QED) is 0.719. The van der Waals surface area contributed by atoms with Gasteiger partial charge in [0.05, 0.1) is 6.04 Å². The molecule has 1 aliphatic rings. The van der Waals surface area contributed by atoms with Crippen molar-refractivity contribution in [2.45, 2.75) is 24.9 Å². The van der Waals surface area contributed by atoms with E-state index in [2.05, 4.69) is 10.2 Å². The van der Waals surface area contributed by atoms with Gasteiger partial charge in [0.2, 0.25) is 5.91 Å². The van der Waals surface area contributed by atoms with Crippen LogP contribution in [0.2, 0.25) is 0 Å². The molecule has 5 nitrogen and oxygen atoms in total. The van der Waals surface area contributed by atoms with Crippen LogP contribution in [0, 0.1) is 0 Å². The first-order valence-electron chi connectivity index (χ1n) is 6.57. The standard InChI is InChI=1S/C14H21N3O2/c1-17-7-6-11(9-17)16-14(19)13(15)8-10-2-4-12(18)5-3-10/h2-5,11,13,18H,6-9,15H2,1H3,(H,16,19)/t11?,13-/m1/s1. The summed E-state index contributed by atoms with van der Waals surface area (Å²) < 4.78 is 0. The van der Waals surface area contributed by atoms with E-state index in [1.807, 2.05) is 7.05 Å². The second-order valence-corrected chi connectivity index (χ2v) is 5.23. The maximum atomic E-state index is 12.0. The minimum Gasteiger partial charge on any atom is -0.508 e. The average Bonchev–Trinajstić information content (AvgIpc) is 2.77. The number of nitrogens with one attached hydrogen (secondary N) is 1. The Balaban J connectivity index is 1.83. The third-order valence-electron chi connectivity index (χ3n) is 3.47. The lowest BCUT2D eigenvalue weighted by molar-refractivity contribution is -0.122. The Hall–Kier alpha value is -1.59. The second kappa shape index (κ2) is 6.04. The predicted octanol–water partition coefficient (Wildman–Crippen LogP) is 0.0823. The van der Waals surface area contributed by atoms with Crippen molar-refractivity contribution in [3.05, 3.63) is 29.8 Å². The first-order chi connectivity index (χ1) is 9.04. The lowest BCUT2D eigenvalue weighted by atomic mass is 10.1. The Labute approximate surface area is 113 Å². The number of carbonyl (C=O) groups is 1. The van der Waals surface area contributed by atoms with Crippen molar-refractivity contribution in [1.82, 2.24) is 10.2 Å². The van der Waals surface area contributed by atoms with Gasteiger partial charge in [-0.2, -0.15) is 0 Å². The predicted molar refractivity (Wildman–Crippen MR) is 73.8 cm³/mol. The van der Waals surface area contributed by atoms with E-state index in [-0.39, 0.29) is 17.7 Å². The van der Waals surface area contributed by atoms with Crippen LogP contribution in [0.15, 0.2) is 24.3 Å². The molecule has 1 amide bonds. The molecule has 4 N–H and O–H groups in total. The van der Waals surface area contributed by atoms with Gasteiger partial charge in [-0.15, -0.1) is 0 Å². The van der Waals surface area contributed by atoms with Gasteiger partial charge in [0, 0.05) is 12.6 Å². The molecule has 2 rings (SSSR count). The maximum Gasteiger partial charge on any atom is 0.237 e. The molecule has 0 aromatic heterocycles. The fraction of sp³-hybridized carbons (Fsp3) is 0.500. The first kappa shape index (κ1) is 13.8. The van der Waals surface area contributed by atoms with Crippen molar-refractivity contribution in [3.63, 3.8) is 0 Å². The summed E-state index contributed by atoms with van der Waals surface area (Å²) in [5.41, 5.74) is 6.86. The smallest absolute Gasteiger partial charge is 0.237 e. The van der Waals surface area contributed by atoms with Crippen molar-refractivity contribution in [2.24, 2.45) is 5.73 Å². The monoisotopic (exact) mass is 263 g/mol. The Morgan fingerprint density at radius 1 is 1.53 bits per heavy atom. The van der Waals surface area contributed by atoms with Gasteiger partial charge in [-0.3, -0.25) is 4.79 Å². The SMILES string of the molecule is CN1CCC(NC(=O)[C@H](N)Cc2ccc(O)cc2)C1. The summed E-state index contributed by atoms with van der Waals surface area (Å²) in [7, 11) is 2.04. The Kier molecular flexibility index (Phi) is 4.39. The van der Waals surface area contributed by atoms with Crippen LogP contribution in [0.25, 0.3) is 0 Å². The molecule has 1 unspecified atom stereocenters. The molecule has 0 spiro atoms. The van der Waals surface area contributed by atoms with E-state index in [1.165, 1.54) is 0 Å². The molecule has 0 radical (unpaired) electrons. The number of hydrogen-bond acceptors (Lipinski definition) is 4. The second-order valence-electron chi connectivity index (χ2n) is 5.23. The van der Waals surface area contributed by atoms with Gasteiger partial charge in [0.25, 0.3) is 0 Å². The van der Waals surface area contributed by atoms with Gasteiger partial charge in [-0.1, -0.05) is 12.1 Å². The molecule has 5 heteroatoms. The zero-order chi connectivity index (χ0) is 13.8. The summed E-state index contributed by atoms with van der Waals surface area (Å²) in [6, 6.07) is 6.44. The number of nitrogens with two attached hydrogens (primary N) is 1. The van der Waals surface area contributed by atoms with Gasteiger partial charge in [-0.25, -0.2) is 0 Å². The number of aromatic hydroxyl groups is 1. The van der Waals surface area contributed by atoms with E-state index < -0.39 is 6.04 Å². The number of amides is 1. The maximum absolute atomic E-state index is 12.0. The number of hydrogen-bond donors (Lipinski definition) is 3. The number of likely N-dealkylation sites (tertiary alicyclic amines) is 1. The minimum atomic E-state index is -0.546. The van der Waals surface area contributed by atoms with Crippen LogP contribution in [0.1, 0.15) is 12.0 Å². The largest absolute Gasteiger partial charge is 0.508 e. The third-order valence-corrected chi connectivity index (χ3v) is 3.47. The van der Waals surface area contributed by atoms with Gasteiger partial charge in [0.1, 0.15) is 5.75 Å². The molecule has 1 heterocycles. The van der Waals surface area contributed by atoms with E-state index >= 15 is 0 Å². The van der Waals surface area contributed by atoms with Crippen LogP contribution < -0.4 is 11.1 Å². The van der Waals surface area contributed by atoms with Crippen LogP contribution in [0.3, 0.4) is 0 Å². The molecule has 0 aliphatic carbocycles. The summed E-state index contributed by atoms with van der Waals surface area (Å²) in [6.07, 6.45) is 1.46. The molecule has 1 fully saturated rings. The molecule has 1 aromatic rings. The summed E-state index contributed by atoms with van der Waals surface area (Å²) >= 11 is 0. The van der Waals surface area contributed by atoms with E-state index in [0.717, 1.165) is 25.1 Å². The molecule has 1 aromatic carbocycles. The number of phenols is 1. The summed E-state index contributed by atoms with van der Waals surface area (Å²) in [6.45, 7) is 1.90. The fourth-order valence-corrected chi connectivity index (χ4v) is 2.34. The number of phenolic OH excluding ortho intramolecular Hbond substituents is 1. The van der Waals surface area contributed by atoms with Crippen molar-refractivity contribution in [1.29, 1.82) is 0 Å². The van der Waals surface area contributed by atoms with Gasteiger partial charge in [0.15, 0.2) is 0 Å². The molecular formula is C14H21N3O2. The Morgan fingerprint density at radius 2 is 2.21 bits per heavy atom. The van der Waals surface area contributed by atoms with Crippen molar-refractivity contribution < 1.29 is 9.90 Å². The highest BCUT2D eigenvalue weighted by Crippen LogP contribution is 2.11. The molecule has 19 heavy (non-hydrogen) atoms. The summed E-state index contributed by atoms with van der Waals surface area (Å²) in [5.74, 6) is 0.115. The topological polar surface area (TPSA) is 78.6 Å². The zero-order valence-electron chi connectivity index (χ0n) is 11.2. The van der Waals surface area contributed by atoms with Crippen LogP contribution in [0.4, 0.5) is 0 Å².